The lowest BCUT2D eigenvalue weighted by Gasteiger charge is -2.19. The number of likely N-dealkylation sites (tertiary alicyclic amines) is 1. The molecule has 0 bridgehead atoms. The molecule has 1 aliphatic heterocycles. The molecule has 2 N–H and O–H groups in total. The zero-order chi connectivity index (χ0) is 15.4. The second-order valence-electron chi connectivity index (χ2n) is 5.36. The van der Waals surface area contributed by atoms with E-state index in [1.165, 1.54) is 18.2 Å². The van der Waals surface area contributed by atoms with Crippen LogP contribution in [0.15, 0.2) is 30.3 Å². The van der Waals surface area contributed by atoms with Gasteiger partial charge in [-0.3, -0.25) is 14.9 Å². The summed E-state index contributed by atoms with van der Waals surface area (Å²) in [7, 11) is 0. The van der Waals surface area contributed by atoms with Gasteiger partial charge in [-0.15, -0.1) is 0 Å². The van der Waals surface area contributed by atoms with Crippen molar-refractivity contribution >= 4 is 17.7 Å². The third-order valence-corrected chi connectivity index (χ3v) is 3.78. The fourth-order valence-electron chi connectivity index (χ4n) is 2.63. The third kappa shape index (κ3) is 3.66. The summed E-state index contributed by atoms with van der Waals surface area (Å²) < 4.78 is 0. The van der Waals surface area contributed by atoms with E-state index in [0.29, 0.717) is 24.6 Å². The van der Waals surface area contributed by atoms with Crippen LogP contribution in [0.25, 0.3) is 6.08 Å². The number of amides is 1. The molecule has 0 saturated carbocycles. The summed E-state index contributed by atoms with van der Waals surface area (Å²) in [6.07, 6.45) is 4.00. The summed E-state index contributed by atoms with van der Waals surface area (Å²) in [4.78, 5) is 24.2. The molecule has 0 aliphatic carbocycles. The minimum atomic E-state index is -0.451. The quantitative estimate of drug-likeness (QED) is 0.520. The van der Waals surface area contributed by atoms with Crippen molar-refractivity contribution in [3.8, 4) is 0 Å². The SMILES string of the molecule is CC1CC(CN)CN1C(=O)/C=C/c1cccc([N+](=O)[O-])c1. The fourth-order valence-corrected chi connectivity index (χ4v) is 2.63. The van der Waals surface area contributed by atoms with Crippen molar-refractivity contribution in [3.63, 3.8) is 0 Å². The number of benzene rings is 1. The van der Waals surface area contributed by atoms with Crippen LogP contribution in [0.4, 0.5) is 5.69 Å². The van der Waals surface area contributed by atoms with Gasteiger partial charge in [-0.25, -0.2) is 0 Å². The molecule has 1 fully saturated rings. The molecular formula is C15H19N3O3. The molecule has 1 aromatic carbocycles. The Labute approximate surface area is 123 Å². The van der Waals surface area contributed by atoms with Crippen LogP contribution < -0.4 is 5.73 Å². The molecule has 2 unspecified atom stereocenters. The molecule has 1 amide bonds. The van der Waals surface area contributed by atoms with Crippen LogP contribution in [0.2, 0.25) is 0 Å². The minimum Gasteiger partial charge on any atom is -0.336 e. The van der Waals surface area contributed by atoms with Crippen LogP contribution in [0.5, 0.6) is 0 Å². The van der Waals surface area contributed by atoms with Crippen molar-refractivity contribution in [3.05, 3.63) is 46.0 Å². The van der Waals surface area contributed by atoms with Gasteiger partial charge in [-0.1, -0.05) is 12.1 Å². The van der Waals surface area contributed by atoms with Gasteiger partial charge in [0.1, 0.15) is 0 Å². The van der Waals surface area contributed by atoms with Gasteiger partial charge in [0.2, 0.25) is 5.91 Å². The molecule has 1 heterocycles. The maximum absolute atomic E-state index is 12.2. The van der Waals surface area contributed by atoms with E-state index < -0.39 is 4.92 Å². The summed E-state index contributed by atoms with van der Waals surface area (Å²) in [5.41, 5.74) is 6.30. The zero-order valence-corrected chi connectivity index (χ0v) is 11.9. The lowest BCUT2D eigenvalue weighted by molar-refractivity contribution is -0.384. The van der Waals surface area contributed by atoms with Crippen molar-refractivity contribution in [1.29, 1.82) is 0 Å². The Morgan fingerprint density at radius 2 is 2.33 bits per heavy atom. The van der Waals surface area contributed by atoms with Crippen molar-refractivity contribution in [2.24, 2.45) is 11.7 Å². The molecule has 112 valence electrons. The van der Waals surface area contributed by atoms with Gasteiger partial charge in [0.15, 0.2) is 0 Å². The first-order valence-electron chi connectivity index (χ1n) is 6.94. The Balaban J connectivity index is 2.05. The molecule has 0 spiro atoms. The highest BCUT2D eigenvalue weighted by molar-refractivity contribution is 5.92. The molecule has 2 atom stereocenters. The van der Waals surface area contributed by atoms with Gasteiger partial charge >= 0.3 is 0 Å². The number of non-ortho nitro benzene ring substituents is 1. The number of nitro groups is 1. The highest BCUT2D eigenvalue weighted by atomic mass is 16.6. The summed E-state index contributed by atoms with van der Waals surface area (Å²) in [6.45, 7) is 3.27. The fraction of sp³-hybridized carbons (Fsp3) is 0.400. The number of hydrogen-bond donors (Lipinski definition) is 1. The first-order chi connectivity index (χ1) is 10.0. The van der Waals surface area contributed by atoms with E-state index in [-0.39, 0.29) is 17.6 Å². The van der Waals surface area contributed by atoms with Gasteiger partial charge in [0.25, 0.3) is 5.69 Å². The molecular weight excluding hydrogens is 270 g/mol. The van der Waals surface area contributed by atoms with E-state index in [2.05, 4.69) is 0 Å². The maximum Gasteiger partial charge on any atom is 0.270 e. The van der Waals surface area contributed by atoms with E-state index in [0.717, 1.165) is 6.42 Å². The van der Waals surface area contributed by atoms with Crippen molar-refractivity contribution in [2.75, 3.05) is 13.1 Å². The average molecular weight is 289 g/mol. The first kappa shape index (κ1) is 15.2. The third-order valence-electron chi connectivity index (χ3n) is 3.78. The number of rotatable bonds is 4. The normalized spacial score (nSPS) is 21.9. The molecule has 6 nitrogen and oxygen atoms in total. The highest BCUT2D eigenvalue weighted by Crippen LogP contribution is 2.22. The van der Waals surface area contributed by atoms with Gasteiger partial charge in [-0.05, 0) is 37.4 Å². The number of nitrogens with two attached hydrogens (primary N) is 1. The Bertz CT molecular complexity index is 571. The second kappa shape index (κ2) is 6.49. The molecule has 6 heteroatoms. The second-order valence-corrected chi connectivity index (χ2v) is 5.36. The number of hydrogen-bond acceptors (Lipinski definition) is 4. The lowest BCUT2D eigenvalue weighted by atomic mass is 10.1. The van der Waals surface area contributed by atoms with Gasteiger partial charge in [-0.2, -0.15) is 0 Å². The summed E-state index contributed by atoms with van der Waals surface area (Å²) >= 11 is 0. The molecule has 2 rings (SSSR count). The predicted octanol–water partition coefficient (Wildman–Crippen LogP) is 1.80. The standard InChI is InChI=1S/C15H19N3O3/c1-11-7-13(9-16)10-17(11)15(19)6-5-12-3-2-4-14(8-12)18(20)21/h2-6,8,11,13H,7,9-10,16H2,1H3/b6-5+. The van der Waals surface area contributed by atoms with Crippen LogP contribution in [0, 0.1) is 16.0 Å². The lowest BCUT2D eigenvalue weighted by Crippen LogP contribution is -2.33. The number of nitrogens with zero attached hydrogens (tertiary/aromatic N) is 2. The average Bonchev–Trinajstić information content (AvgIpc) is 2.86. The summed E-state index contributed by atoms with van der Waals surface area (Å²) in [5, 5.41) is 10.7. The molecule has 0 radical (unpaired) electrons. The van der Waals surface area contributed by atoms with E-state index in [1.54, 1.807) is 23.1 Å². The predicted molar refractivity (Wildman–Crippen MR) is 80.5 cm³/mol. The van der Waals surface area contributed by atoms with Crippen LogP contribution >= 0.6 is 0 Å². The number of nitro benzene ring substituents is 1. The van der Waals surface area contributed by atoms with E-state index in [1.807, 2.05) is 6.92 Å². The van der Waals surface area contributed by atoms with Gasteiger partial charge in [0, 0.05) is 30.8 Å². The van der Waals surface area contributed by atoms with Gasteiger partial charge < -0.3 is 10.6 Å². The van der Waals surface area contributed by atoms with E-state index in [4.69, 9.17) is 5.73 Å². The number of carbonyl (C=O) groups is 1. The Morgan fingerprint density at radius 1 is 1.57 bits per heavy atom. The highest BCUT2D eigenvalue weighted by Gasteiger charge is 2.30. The maximum atomic E-state index is 12.2. The Hall–Kier alpha value is -2.21. The van der Waals surface area contributed by atoms with Crippen LogP contribution in [-0.2, 0) is 4.79 Å². The topological polar surface area (TPSA) is 89.5 Å². The zero-order valence-electron chi connectivity index (χ0n) is 11.9. The first-order valence-corrected chi connectivity index (χ1v) is 6.94. The molecule has 1 saturated heterocycles. The minimum absolute atomic E-state index is 0.0161. The van der Waals surface area contributed by atoms with E-state index in [9.17, 15) is 14.9 Å². The Kier molecular flexibility index (Phi) is 4.70. The van der Waals surface area contributed by atoms with Crippen molar-refractivity contribution < 1.29 is 9.72 Å². The monoisotopic (exact) mass is 289 g/mol. The van der Waals surface area contributed by atoms with Crippen LogP contribution in [0.3, 0.4) is 0 Å². The van der Waals surface area contributed by atoms with Crippen molar-refractivity contribution in [2.45, 2.75) is 19.4 Å². The molecule has 1 aromatic rings. The summed E-state index contributed by atoms with van der Waals surface area (Å²) in [6, 6.07) is 6.38. The largest absolute Gasteiger partial charge is 0.336 e. The summed E-state index contributed by atoms with van der Waals surface area (Å²) in [5.74, 6) is 0.278. The molecule has 21 heavy (non-hydrogen) atoms. The smallest absolute Gasteiger partial charge is 0.270 e. The van der Waals surface area contributed by atoms with Crippen LogP contribution in [-0.4, -0.2) is 34.9 Å². The molecule has 1 aliphatic rings. The van der Waals surface area contributed by atoms with Crippen molar-refractivity contribution in [1.82, 2.24) is 4.90 Å². The van der Waals surface area contributed by atoms with Gasteiger partial charge in [0.05, 0.1) is 4.92 Å². The van der Waals surface area contributed by atoms with Crippen LogP contribution in [0.1, 0.15) is 18.9 Å². The van der Waals surface area contributed by atoms with E-state index >= 15 is 0 Å². The Morgan fingerprint density at radius 3 is 2.95 bits per heavy atom. The number of carbonyl (C=O) groups excluding carboxylic acids is 1. The molecule has 0 aromatic heterocycles.